The normalized spacial score (nSPS) is 18.1. The number of rotatable bonds is 3. The minimum Gasteiger partial charge on any atom is -0.377 e. The fraction of sp³-hybridized carbons (Fsp3) is 0.263. The summed E-state index contributed by atoms with van der Waals surface area (Å²) in [5, 5.41) is 18.4. The molecule has 1 aliphatic rings. The van der Waals surface area contributed by atoms with E-state index >= 15 is 0 Å². The maximum atomic E-state index is 9.21. The largest absolute Gasteiger partial charge is 0.377 e. The van der Waals surface area contributed by atoms with Gasteiger partial charge in [-0.15, -0.1) is 0 Å². The lowest BCUT2D eigenvalue weighted by Crippen LogP contribution is -2.43. The monoisotopic (exact) mass is 303 g/mol. The van der Waals surface area contributed by atoms with Crippen LogP contribution in [-0.2, 0) is 11.3 Å². The van der Waals surface area contributed by atoms with E-state index < -0.39 is 0 Å². The SMILES string of the molecule is N#Cc1ccccc1-c1ccc(CN2CCOC[C@H]2C#N)cc1. The van der Waals surface area contributed by atoms with E-state index in [4.69, 9.17) is 4.74 Å². The molecule has 114 valence electrons. The molecule has 1 saturated heterocycles. The van der Waals surface area contributed by atoms with Crippen LogP contribution in [0.2, 0.25) is 0 Å². The first-order valence-electron chi connectivity index (χ1n) is 7.61. The Kier molecular flexibility index (Phi) is 4.68. The van der Waals surface area contributed by atoms with E-state index in [-0.39, 0.29) is 6.04 Å². The Balaban J connectivity index is 1.77. The van der Waals surface area contributed by atoms with Gasteiger partial charge in [0.05, 0.1) is 30.9 Å². The molecule has 0 saturated carbocycles. The van der Waals surface area contributed by atoms with Crippen LogP contribution in [0.4, 0.5) is 0 Å². The lowest BCUT2D eigenvalue weighted by Gasteiger charge is -2.31. The highest BCUT2D eigenvalue weighted by molar-refractivity contribution is 5.70. The summed E-state index contributed by atoms with van der Waals surface area (Å²) in [4.78, 5) is 2.14. The van der Waals surface area contributed by atoms with Gasteiger partial charge >= 0.3 is 0 Å². The standard InChI is InChI=1S/C19H17N3O/c20-11-17-3-1-2-4-19(17)16-7-5-15(6-8-16)13-22-9-10-23-14-18(22)12-21/h1-8,18H,9-10,13-14H2/t18-/m1/s1. The van der Waals surface area contributed by atoms with Gasteiger partial charge in [-0.25, -0.2) is 0 Å². The second-order valence-electron chi connectivity index (χ2n) is 5.54. The molecule has 0 aliphatic carbocycles. The molecule has 0 spiro atoms. The summed E-state index contributed by atoms with van der Waals surface area (Å²) in [7, 11) is 0. The van der Waals surface area contributed by atoms with Crippen LogP contribution < -0.4 is 0 Å². The molecule has 3 rings (SSSR count). The quantitative estimate of drug-likeness (QED) is 0.874. The van der Waals surface area contributed by atoms with Gasteiger partial charge in [-0.3, -0.25) is 4.90 Å². The van der Waals surface area contributed by atoms with Gasteiger partial charge in [0.2, 0.25) is 0 Å². The molecule has 1 aliphatic heterocycles. The molecule has 0 unspecified atom stereocenters. The van der Waals surface area contributed by atoms with Crippen LogP contribution in [-0.4, -0.2) is 30.7 Å². The van der Waals surface area contributed by atoms with Crippen molar-refractivity contribution in [3.63, 3.8) is 0 Å². The van der Waals surface area contributed by atoms with E-state index in [0.29, 0.717) is 18.8 Å². The van der Waals surface area contributed by atoms with Crippen molar-refractivity contribution >= 4 is 0 Å². The topological polar surface area (TPSA) is 60.1 Å². The van der Waals surface area contributed by atoms with Gasteiger partial charge in [0.1, 0.15) is 6.04 Å². The van der Waals surface area contributed by atoms with Gasteiger partial charge in [-0.05, 0) is 22.8 Å². The highest BCUT2D eigenvalue weighted by Gasteiger charge is 2.22. The molecule has 0 bridgehead atoms. The van der Waals surface area contributed by atoms with Crippen LogP contribution in [0.5, 0.6) is 0 Å². The molecular formula is C19H17N3O. The fourth-order valence-corrected chi connectivity index (χ4v) is 2.80. The van der Waals surface area contributed by atoms with Crippen LogP contribution >= 0.6 is 0 Å². The third-order valence-electron chi connectivity index (χ3n) is 4.09. The maximum Gasteiger partial charge on any atom is 0.122 e. The Morgan fingerprint density at radius 3 is 2.61 bits per heavy atom. The predicted octanol–water partition coefficient (Wildman–Crippen LogP) is 2.95. The summed E-state index contributed by atoms with van der Waals surface area (Å²) in [5.41, 5.74) is 3.82. The Labute approximate surface area is 136 Å². The van der Waals surface area contributed by atoms with Crippen LogP contribution in [0.25, 0.3) is 11.1 Å². The minimum atomic E-state index is -0.178. The summed E-state index contributed by atoms with van der Waals surface area (Å²) < 4.78 is 5.35. The molecule has 0 radical (unpaired) electrons. The summed E-state index contributed by atoms with van der Waals surface area (Å²) in [6.45, 7) is 2.66. The average molecular weight is 303 g/mol. The van der Waals surface area contributed by atoms with Gasteiger partial charge in [-0.2, -0.15) is 10.5 Å². The molecule has 1 heterocycles. The third kappa shape index (κ3) is 3.40. The average Bonchev–Trinajstić information content (AvgIpc) is 2.63. The van der Waals surface area contributed by atoms with E-state index in [9.17, 15) is 10.5 Å². The number of hydrogen-bond donors (Lipinski definition) is 0. The summed E-state index contributed by atoms with van der Waals surface area (Å²) >= 11 is 0. The Bertz CT molecular complexity index is 755. The molecule has 0 aromatic heterocycles. The van der Waals surface area contributed by atoms with Gasteiger partial charge in [0, 0.05) is 13.1 Å². The molecule has 1 atom stereocenters. The molecule has 0 amide bonds. The second-order valence-corrected chi connectivity index (χ2v) is 5.54. The minimum absolute atomic E-state index is 0.178. The molecule has 1 fully saturated rings. The molecule has 2 aromatic rings. The van der Waals surface area contributed by atoms with Crippen LogP contribution in [0.3, 0.4) is 0 Å². The number of nitrogens with zero attached hydrogens (tertiary/aromatic N) is 3. The molecular weight excluding hydrogens is 286 g/mol. The van der Waals surface area contributed by atoms with E-state index in [2.05, 4.69) is 29.2 Å². The van der Waals surface area contributed by atoms with Crippen molar-refractivity contribution in [3.05, 3.63) is 59.7 Å². The van der Waals surface area contributed by atoms with E-state index in [0.717, 1.165) is 29.8 Å². The first kappa shape index (κ1) is 15.2. The summed E-state index contributed by atoms with van der Waals surface area (Å²) in [6, 6.07) is 20.1. The lowest BCUT2D eigenvalue weighted by atomic mass is 9.99. The molecule has 4 nitrogen and oxygen atoms in total. The number of hydrogen-bond acceptors (Lipinski definition) is 4. The summed E-state index contributed by atoms with van der Waals surface area (Å²) in [5.74, 6) is 0. The summed E-state index contributed by atoms with van der Waals surface area (Å²) in [6.07, 6.45) is 0. The Hall–Kier alpha value is -2.66. The van der Waals surface area contributed by atoms with Gasteiger partial charge in [0.25, 0.3) is 0 Å². The second kappa shape index (κ2) is 7.07. The maximum absolute atomic E-state index is 9.21. The van der Waals surface area contributed by atoms with E-state index in [1.165, 1.54) is 0 Å². The van der Waals surface area contributed by atoms with Crippen molar-refractivity contribution in [1.29, 1.82) is 10.5 Å². The molecule has 2 aromatic carbocycles. The number of morpholine rings is 1. The number of benzene rings is 2. The third-order valence-corrected chi connectivity index (χ3v) is 4.09. The van der Waals surface area contributed by atoms with Crippen molar-refractivity contribution in [2.24, 2.45) is 0 Å². The Morgan fingerprint density at radius 2 is 1.87 bits per heavy atom. The van der Waals surface area contributed by atoms with Crippen molar-refractivity contribution in [2.75, 3.05) is 19.8 Å². The van der Waals surface area contributed by atoms with E-state index in [1.807, 2.05) is 36.4 Å². The van der Waals surface area contributed by atoms with Gasteiger partial charge < -0.3 is 4.74 Å². The first-order valence-corrected chi connectivity index (χ1v) is 7.61. The van der Waals surface area contributed by atoms with Crippen LogP contribution in [0, 0.1) is 22.7 Å². The smallest absolute Gasteiger partial charge is 0.122 e. The highest BCUT2D eigenvalue weighted by Crippen LogP contribution is 2.24. The molecule has 0 N–H and O–H groups in total. The van der Waals surface area contributed by atoms with Crippen molar-refractivity contribution in [2.45, 2.75) is 12.6 Å². The predicted molar refractivity (Wildman–Crippen MR) is 87.2 cm³/mol. The fourth-order valence-electron chi connectivity index (χ4n) is 2.80. The van der Waals surface area contributed by atoms with Crippen molar-refractivity contribution in [1.82, 2.24) is 4.90 Å². The zero-order valence-corrected chi connectivity index (χ0v) is 12.8. The number of ether oxygens (including phenoxy) is 1. The van der Waals surface area contributed by atoms with Gasteiger partial charge in [0.15, 0.2) is 0 Å². The van der Waals surface area contributed by atoms with Gasteiger partial charge in [-0.1, -0.05) is 42.5 Å². The van der Waals surface area contributed by atoms with E-state index in [1.54, 1.807) is 0 Å². The number of nitriles is 2. The highest BCUT2D eigenvalue weighted by atomic mass is 16.5. The zero-order chi connectivity index (χ0) is 16.1. The molecule has 4 heteroatoms. The molecule has 23 heavy (non-hydrogen) atoms. The first-order chi connectivity index (χ1) is 11.3. The van der Waals surface area contributed by atoms with Crippen molar-refractivity contribution in [3.8, 4) is 23.3 Å². The Morgan fingerprint density at radius 1 is 1.09 bits per heavy atom. The van der Waals surface area contributed by atoms with Crippen LogP contribution in [0.15, 0.2) is 48.5 Å². The van der Waals surface area contributed by atoms with Crippen molar-refractivity contribution < 1.29 is 4.74 Å². The lowest BCUT2D eigenvalue weighted by molar-refractivity contribution is 0.00890. The zero-order valence-electron chi connectivity index (χ0n) is 12.8. The van der Waals surface area contributed by atoms with Crippen LogP contribution in [0.1, 0.15) is 11.1 Å².